The lowest BCUT2D eigenvalue weighted by molar-refractivity contribution is 0.324. The predicted octanol–water partition coefficient (Wildman–Crippen LogP) is 2.32. The third-order valence-electron chi connectivity index (χ3n) is 3.77. The number of nitrogens with one attached hydrogen (secondary N) is 1. The van der Waals surface area contributed by atoms with Gasteiger partial charge in [-0.25, -0.2) is 4.99 Å². The van der Waals surface area contributed by atoms with Crippen LogP contribution in [0.5, 0.6) is 0 Å². The minimum absolute atomic E-state index is 0.295. The van der Waals surface area contributed by atoms with Gasteiger partial charge in [0.15, 0.2) is 0 Å². The summed E-state index contributed by atoms with van der Waals surface area (Å²) in [6.45, 7) is 5.07. The third kappa shape index (κ3) is 2.41. The van der Waals surface area contributed by atoms with Gasteiger partial charge in [0.05, 0.1) is 6.04 Å². The van der Waals surface area contributed by atoms with E-state index >= 15 is 0 Å². The molecule has 0 amide bonds. The summed E-state index contributed by atoms with van der Waals surface area (Å²) >= 11 is 0. The maximum Gasteiger partial charge on any atom is 0.216 e. The molecule has 1 saturated heterocycles. The van der Waals surface area contributed by atoms with E-state index in [1.807, 2.05) is 0 Å². The fourth-order valence-corrected chi connectivity index (χ4v) is 2.69. The topological polar surface area (TPSA) is 33.6 Å². The van der Waals surface area contributed by atoms with Gasteiger partial charge in [-0.1, -0.05) is 12.1 Å². The Morgan fingerprint density at radius 2 is 1.89 bits per heavy atom. The molecule has 3 nitrogen and oxygen atoms in total. The quantitative estimate of drug-likeness (QED) is 0.866. The Morgan fingerprint density at radius 1 is 1.17 bits per heavy atom. The lowest BCUT2D eigenvalue weighted by Crippen LogP contribution is -2.26. The molecule has 1 aromatic rings. The number of ether oxygens (including phenoxy) is 1. The zero-order valence-electron chi connectivity index (χ0n) is 10.9. The van der Waals surface area contributed by atoms with E-state index < -0.39 is 0 Å². The minimum atomic E-state index is 0.295. The normalized spacial score (nSPS) is 24.7. The van der Waals surface area contributed by atoms with Crippen LogP contribution < -0.4 is 5.32 Å². The molecular weight excluding hydrogens is 224 g/mol. The van der Waals surface area contributed by atoms with Gasteiger partial charge in [-0.05, 0) is 56.5 Å². The van der Waals surface area contributed by atoms with E-state index in [4.69, 9.17) is 4.74 Å². The Balaban J connectivity index is 1.74. The van der Waals surface area contributed by atoms with Crippen molar-refractivity contribution in [2.24, 2.45) is 4.99 Å². The highest BCUT2D eigenvalue weighted by Gasteiger charge is 2.18. The first-order chi connectivity index (χ1) is 8.83. The van der Waals surface area contributed by atoms with Crippen molar-refractivity contribution in [1.82, 2.24) is 5.32 Å². The summed E-state index contributed by atoms with van der Waals surface area (Å²) in [6.07, 6.45) is 2.49. The van der Waals surface area contributed by atoms with Gasteiger partial charge < -0.3 is 10.1 Å². The van der Waals surface area contributed by atoms with Crippen LogP contribution in [0.25, 0.3) is 0 Å². The summed E-state index contributed by atoms with van der Waals surface area (Å²) in [6, 6.07) is 9.06. The molecule has 3 heteroatoms. The zero-order chi connectivity index (χ0) is 12.4. The summed E-state index contributed by atoms with van der Waals surface area (Å²) in [5.74, 6) is 1.52. The average molecular weight is 244 g/mol. The van der Waals surface area contributed by atoms with Gasteiger partial charge in [-0.3, -0.25) is 0 Å². The van der Waals surface area contributed by atoms with Crippen molar-refractivity contribution in [2.45, 2.75) is 31.7 Å². The molecule has 2 heterocycles. The standard InChI is InChI=1S/C15H20N2O/c1-11-10-18-15(17-11)14-4-2-12(3-5-14)13-6-8-16-9-7-13/h2-5,11,13,16H,6-10H2,1H3. The number of aliphatic imine (C=N–C) groups is 1. The van der Waals surface area contributed by atoms with Gasteiger partial charge in [0, 0.05) is 5.56 Å². The lowest BCUT2D eigenvalue weighted by Gasteiger charge is -2.23. The summed E-state index contributed by atoms with van der Waals surface area (Å²) < 4.78 is 5.58. The van der Waals surface area contributed by atoms with Gasteiger partial charge >= 0.3 is 0 Å². The minimum Gasteiger partial charge on any atom is -0.475 e. The number of hydrogen-bond acceptors (Lipinski definition) is 3. The van der Waals surface area contributed by atoms with Crippen LogP contribution in [-0.2, 0) is 4.74 Å². The molecular formula is C15H20N2O. The van der Waals surface area contributed by atoms with Crippen LogP contribution in [0.4, 0.5) is 0 Å². The van der Waals surface area contributed by atoms with Crippen molar-refractivity contribution in [3.63, 3.8) is 0 Å². The first-order valence-corrected chi connectivity index (χ1v) is 6.84. The molecule has 2 aliphatic heterocycles. The highest BCUT2D eigenvalue weighted by Crippen LogP contribution is 2.25. The van der Waals surface area contributed by atoms with Crippen LogP contribution in [0.3, 0.4) is 0 Å². The van der Waals surface area contributed by atoms with E-state index in [1.54, 1.807) is 0 Å². The van der Waals surface area contributed by atoms with Crippen LogP contribution in [0.1, 0.15) is 36.8 Å². The highest BCUT2D eigenvalue weighted by atomic mass is 16.5. The molecule has 0 bridgehead atoms. The van der Waals surface area contributed by atoms with Gasteiger partial charge in [0.2, 0.25) is 5.90 Å². The van der Waals surface area contributed by atoms with Crippen LogP contribution >= 0.6 is 0 Å². The van der Waals surface area contributed by atoms with E-state index in [-0.39, 0.29) is 0 Å². The highest BCUT2D eigenvalue weighted by molar-refractivity contribution is 5.95. The monoisotopic (exact) mass is 244 g/mol. The summed E-state index contributed by atoms with van der Waals surface area (Å²) in [5, 5.41) is 3.41. The third-order valence-corrected chi connectivity index (χ3v) is 3.77. The second kappa shape index (κ2) is 5.11. The molecule has 1 atom stereocenters. The van der Waals surface area contributed by atoms with Crippen molar-refractivity contribution in [1.29, 1.82) is 0 Å². The van der Waals surface area contributed by atoms with Crippen molar-refractivity contribution >= 4 is 5.90 Å². The predicted molar refractivity (Wildman–Crippen MR) is 73.2 cm³/mol. The van der Waals surface area contributed by atoms with Crippen molar-refractivity contribution < 1.29 is 4.74 Å². The number of rotatable bonds is 2. The molecule has 2 aliphatic rings. The van der Waals surface area contributed by atoms with Crippen LogP contribution in [0.15, 0.2) is 29.3 Å². The molecule has 1 fully saturated rings. The van der Waals surface area contributed by atoms with Gasteiger partial charge in [-0.15, -0.1) is 0 Å². The average Bonchev–Trinajstić information content (AvgIpc) is 2.87. The molecule has 3 rings (SSSR count). The Labute approximate surface area is 108 Å². The van der Waals surface area contributed by atoms with E-state index in [9.17, 15) is 0 Å². The maximum absolute atomic E-state index is 5.58. The van der Waals surface area contributed by atoms with E-state index in [0.717, 1.165) is 24.6 Å². The SMILES string of the molecule is CC1COC(c2ccc(C3CCNCC3)cc2)=N1. The van der Waals surface area contributed by atoms with Crippen LogP contribution in [0, 0.1) is 0 Å². The molecule has 0 aliphatic carbocycles. The molecule has 96 valence electrons. The Morgan fingerprint density at radius 3 is 2.50 bits per heavy atom. The fourth-order valence-electron chi connectivity index (χ4n) is 2.69. The Hall–Kier alpha value is -1.35. The molecule has 1 N–H and O–H groups in total. The smallest absolute Gasteiger partial charge is 0.216 e. The van der Waals surface area contributed by atoms with E-state index in [0.29, 0.717) is 18.6 Å². The molecule has 18 heavy (non-hydrogen) atoms. The summed E-state index contributed by atoms with van der Waals surface area (Å²) in [7, 11) is 0. The molecule has 0 saturated carbocycles. The van der Waals surface area contributed by atoms with Gasteiger partial charge in [-0.2, -0.15) is 0 Å². The van der Waals surface area contributed by atoms with E-state index in [1.165, 1.54) is 18.4 Å². The maximum atomic E-state index is 5.58. The number of hydrogen-bond donors (Lipinski definition) is 1. The van der Waals surface area contributed by atoms with Crippen molar-refractivity contribution in [3.8, 4) is 0 Å². The fraction of sp³-hybridized carbons (Fsp3) is 0.533. The lowest BCUT2D eigenvalue weighted by atomic mass is 9.90. The number of piperidine rings is 1. The zero-order valence-corrected chi connectivity index (χ0v) is 10.9. The second-order valence-electron chi connectivity index (χ2n) is 5.24. The van der Waals surface area contributed by atoms with Gasteiger partial charge in [0.25, 0.3) is 0 Å². The molecule has 1 aromatic carbocycles. The second-order valence-corrected chi connectivity index (χ2v) is 5.24. The largest absolute Gasteiger partial charge is 0.475 e. The number of nitrogens with zero attached hydrogens (tertiary/aromatic N) is 1. The van der Waals surface area contributed by atoms with Crippen LogP contribution in [0.2, 0.25) is 0 Å². The first kappa shape index (κ1) is 11.7. The Bertz CT molecular complexity index is 432. The summed E-state index contributed by atoms with van der Waals surface area (Å²) in [4.78, 5) is 4.49. The molecule has 0 aromatic heterocycles. The van der Waals surface area contributed by atoms with Gasteiger partial charge in [0.1, 0.15) is 6.61 Å². The molecule has 1 unspecified atom stereocenters. The van der Waals surface area contributed by atoms with Crippen molar-refractivity contribution in [2.75, 3.05) is 19.7 Å². The van der Waals surface area contributed by atoms with E-state index in [2.05, 4.69) is 41.5 Å². The Kier molecular flexibility index (Phi) is 3.33. The molecule has 0 spiro atoms. The first-order valence-electron chi connectivity index (χ1n) is 6.84. The molecule has 0 radical (unpaired) electrons. The summed E-state index contributed by atoms with van der Waals surface area (Å²) in [5.41, 5.74) is 2.56. The number of benzene rings is 1. The van der Waals surface area contributed by atoms with Crippen molar-refractivity contribution in [3.05, 3.63) is 35.4 Å². The van der Waals surface area contributed by atoms with Crippen LogP contribution in [-0.4, -0.2) is 31.6 Å².